The van der Waals surface area contributed by atoms with Gasteiger partial charge >= 0.3 is 5.97 Å². The molecule has 6 heteroatoms. The largest absolute Gasteiger partial charge is 0.480 e. The summed E-state index contributed by atoms with van der Waals surface area (Å²) in [6.07, 6.45) is 3.05. The SMILES string of the molecule is CC.CC(C)=NC1=CN(C=O)C(NC(CC(C)C)C(=O)O)C1. The Morgan fingerprint density at radius 3 is 2.50 bits per heavy atom. The first-order valence-corrected chi connectivity index (χ1v) is 7.77. The van der Waals surface area contributed by atoms with Crippen LogP contribution < -0.4 is 5.32 Å². The third kappa shape index (κ3) is 6.85. The molecule has 0 aromatic heterocycles. The van der Waals surface area contributed by atoms with Gasteiger partial charge in [0, 0.05) is 18.3 Å². The molecule has 2 atom stereocenters. The van der Waals surface area contributed by atoms with Crippen molar-refractivity contribution in [2.24, 2.45) is 10.9 Å². The molecule has 1 rings (SSSR count). The van der Waals surface area contributed by atoms with E-state index in [2.05, 4.69) is 10.3 Å². The van der Waals surface area contributed by atoms with E-state index in [9.17, 15) is 14.7 Å². The minimum absolute atomic E-state index is 0.262. The third-order valence-corrected chi connectivity index (χ3v) is 2.95. The van der Waals surface area contributed by atoms with E-state index >= 15 is 0 Å². The summed E-state index contributed by atoms with van der Waals surface area (Å²) < 4.78 is 0. The second-order valence-corrected chi connectivity index (χ2v) is 5.64. The lowest BCUT2D eigenvalue weighted by Gasteiger charge is -2.25. The van der Waals surface area contributed by atoms with Gasteiger partial charge in [0.15, 0.2) is 0 Å². The van der Waals surface area contributed by atoms with Gasteiger partial charge in [0.25, 0.3) is 0 Å². The van der Waals surface area contributed by atoms with E-state index < -0.39 is 12.0 Å². The summed E-state index contributed by atoms with van der Waals surface area (Å²) >= 11 is 0. The van der Waals surface area contributed by atoms with Crippen LogP contribution in [0.25, 0.3) is 0 Å². The van der Waals surface area contributed by atoms with Crippen LogP contribution in [0.4, 0.5) is 0 Å². The molecule has 2 N–H and O–H groups in total. The van der Waals surface area contributed by atoms with Crippen LogP contribution in [-0.2, 0) is 9.59 Å². The minimum atomic E-state index is -0.895. The van der Waals surface area contributed by atoms with Crippen molar-refractivity contribution in [3.05, 3.63) is 11.9 Å². The van der Waals surface area contributed by atoms with Crippen molar-refractivity contribution in [2.45, 2.75) is 66.6 Å². The second-order valence-electron chi connectivity index (χ2n) is 5.64. The predicted octanol–water partition coefficient (Wildman–Crippen LogP) is 2.61. The smallest absolute Gasteiger partial charge is 0.320 e. The first kappa shape index (κ1) is 20.3. The Hall–Kier alpha value is -1.69. The fourth-order valence-electron chi connectivity index (χ4n) is 2.17. The Morgan fingerprint density at radius 2 is 2.09 bits per heavy atom. The zero-order chi connectivity index (χ0) is 17.3. The third-order valence-electron chi connectivity index (χ3n) is 2.95. The number of aliphatic carboxylic acids is 1. The second kappa shape index (κ2) is 10.1. The number of nitrogens with zero attached hydrogens (tertiary/aromatic N) is 2. The molecule has 0 aromatic rings. The van der Waals surface area contributed by atoms with Crippen molar-refractivity contribution in [3.63, 3.8) is 0 Å². The summed E-state index contributed by atoms with van der Waals surface area (Å²) in [4.78, 5) is 28.1. The van der Waals surface area contributed by atoms with Crippen molar-refractivity contribution in [3.8, 4) is 0 Å². The first-order chi connectivity index (χ1) is 10.3. The fraction of sp³-hybridized carbons (Fsp3) is 0.688. The number of carbonyl (C=O) groups is 2. The molecule has 0 spiro atoms. The van der Waals surface area contributed by atoms with E-state index in [1.165, 1.54) is 4.90 Å². The van der Waals surface area contributed by atoms with Gasteiger partial charge in [0.1, 0.15) is 6.04 Å². The number of carbonyl (C=O) groups excluding carboxylic acids is 1. The van der Waals surface area contributed by atoms with Crippen molar-refractivity contribution < 1.29 is 14.7 Å². The maximum absolute atomic E-state index is 11.3. The van der Waals surface area contributed by atoms with Crippen LogP contribution in [0.5, 0.6) is 0 Å². The molecule has 0 bridgehead atoms. The maximum Gasteiger partial charge on any atom is 0.320 e. The van der Waals surface area contributed by atoms with E-state index in [1.807, 2.05) is 41.5 Å². The normalized spacial score (nSPS) is 18.2. The molecule has 126 valence electrons. The number of nitrogens with one attached hydrogen (secondary N) is 1. The van der Waals surface area contributed by atoms with Crippen LogP contribution in [-0.4, -0.2) is 40.3 Å². The van der Waals surface area contributed by atoms with Crippen molar-refractivity contribution in [1.29, 1.82) is 0 Å². The van der Waals surface area contributed by atoms with E-state index in [-0.39, 0.29) is 12.1 Å². The zero-order valence-electron chi connectivity index (χ0n) is 14.5. The standard InChI is InChI=1S/C14H23N3O3.C2H6/c1-9(2)5-12(14(19)20)16-13-6-11(15-10(3)4)7-17(13)8-18;1-2/h7-9,12-13,16H,5-6H2,1-4H3,(H,19,20);1-2H3. The lowest BCUT2D eigenvalue weighted by molar-refractivity contribution is -0.140. The van der Waals surface area contributed by atoms with Crippen LogP contribution in [0.3, 0.4) is 0 Å². The molecule has 0 saturated carbocycles. The quantitative estimate of drug-likeness (QED) is 0.559. The lowest BCUT2D eigenvalue weighted by Crippen LogP contribution is -2.49. The summed E-state index contributed by atoms with van der Waals surface area (Å²) in [6, 6.07) is -0.665. The molecule has 1 aliphatic heterocycles. The molecular formula is C16H29N3O3. The Labute approximate surface area is 133 Å². The van der Waals surface area contributed by atoms with E-state index in [4.69, 9.17) is 0 Å². The summed E-state index contributed by atoms with van der Waals surface area (Å²) in [7, 11) is 0. The van der Waals surface area contributed by atoms with Crippen molar-refractivity contribution >= 4 is 18.1 Å². The van der Waals surface area contributed by atoms with Gasteiger partial charge in [-0.2, -0.15) is 0 Å². The Balaban J connectivity index is 0.00000211. The summed E-state index contributed by atoms with van der Waals surface area (Å²) in [5.41, 5.74) is 1.68. The molecule has 2 unspecified atom stereocenters. The van der Waals surface area contributed by atoms with Crippen molar-refractivity contribution in [2.75, 3.05) is 0 Å². The molecule has 1 amide bonds. The Kier molecular flexibility index (Phi) is 9.33. The number of rotatable bonds is 7. The molecule has 1 heterocycles. The molecule has 1 aliphatic rings. The fourth-order valence-corrected chi connectivity index (χ4v) is 2.17. The van der Waals surface area contributed by atoms with Gasteiger partial charge < -0.3 is 10.0 Å². The summed E-state index contributed by atoms with van der Waals surface area (Å²) in [5.74, 6) is -0.633. The topological polar surface area (TPSA) is 82.0 Å². The number of hydrogen-bond donors (Lipinski definition) is 2. The molecule has 0 saturated heterocycles. The maximum atomic E-state index is 11.3. The molecule has 0 radical (unpaired) electrons. The highest BCUT2D eigenvalue weighted by atomic mass is 16.4. The number of amides is 1. The molecule has 0 aromatic carbocycles. The van der Waals surface area contributed by atoms with Gasteiger partial charge in [-0.25, -0.2) is 0 Å². The summed E-state index contributed by atoms with van der Waals surface area (Å²) in [6.45, 7) is 11.7. The Bertz CT molecular complexity index is 426. The number of hydrogen-bond acceptors (Lipinski definition) is 4. The van der Waals surface area contributed by atoms with Crippen molar-refractivity contribution in [1.82, 2.24) is 10.2 Å². The molecule has 6 nitrogen and oxygen atoms in total. The van der Waals surface area contributed by atoms with Gasteiger partial charge in [-0.1, -0.05) is 27.7 Å². The van der Waals surface area contributed by atoms with Crippen LogP contribution in [0, 0.1) is 5.92 Å². The highest BCUT2D eigenvalue weighted by Crippen LogP contribution is 2.21. The first-order valence-electron chi connectivity index (χ1n) is 7.77. The van der Waals surface area contributed by atoms with Crippen LogP contribution >= 0.6 is 0 Å². The van der Waals surface area contributed by atoms with Crippen LogP contribution in [0.1, 0.15) is 54.4 Å². The minimum Gasteiger partial charge on any atom is -0.480 e. The monoisotopic (exact) mass is 311 g/mol. The van der Waals surface area contributed by atoms with Gasteiger partial charge in [0.2, 0.25) is 6.41 Å². The highest BCUT2D eigenvalue weighted by molar-refractivity contribution is 5.80. The van der Waals surface area contributed by atoms with Crippen LogP contribution in [0.15, 0.2) is 16.9 Å². The number of carboxylic acids is 1. The average molecular weight is 311 g/mol. The molecule has 0 fully saturated rings. The number of aliphatic imine (C=N–C) groups is 1. The van der Waals surface area contributed by atoms with Gasteiger partial charge in [-0.05, 0) is 26.2 Å². The van der Waals surface area contributed by atoms with E-state index in [0.29, 0.717) is 19.3 Å². The molecule has 0 aliphatic carbocycles. The molecular weight excluding hydrogens is 282 g/mol. The zero-order valence-corrected chi connectivity index (χ0v) is 14.5. The number of carboxylic acid groups (broad SMARTS) is 1. The Morgan fingerprint density at radius 1 is 1.50 bits per heavy atom. The average Bonchev–Trinajstić information content (AvgIpc) is 2.80. The van der Waals surface area contributed by atoms with E-state index in [1.54, 1.807) is 6.20 Å². The van der Waals surface area contributed by atoms with Gasteiger partial charge in [0.05, 0.1) is 11.9 Å². The molecule has 22 heavy (non-hydrogen) atoms. The predicted molar refractivity (Wildman–Crippen MR) is 88.5 cm³/mol. The lowest BCUT2D eigenvalue weighted by atomic mass is 10.0. The highest BCUT2D eigenvalue weighted by Gasteiger charge is 2.29. The van der Waals surface area contributed by atoms with Gasteiger partial charge in [-0.3, -0.25) is 19.9 Å². The summed E-state index contributed by atoms with van der Waals surface area (Å²) in [5, 5.41) is 12.3. The van der Waals surface area contributed by atoms with Gasteiger partial charge in [-0.15, -0.1) is 0 Å². The van der Waals surface area contributed by atoms with Crippen LogP contribution in [0.2, 0.25) is 0 Å². The van der Waals surface area contributed by atoms with E-state index in [0.717, 1.165) is 11.4 Å².